The lowest BCUT2D eigenvalue weighted by molar-refractivity contribution is -0.150. The number of carbonyl (C=O) groups is 2. The third-order valence-corrected chi connectivity index (χ3v) is 8.54. The van der Waals surface area contributed by atoms with Crippen LogP contribution in [0.15, 0.2) is 48.5 Å². The minimum atomic E-state index is -0.471. The van der Waals surface area contributed by atoms with Crippen molar-refractivity contribution in [2.24, 2.45) is 23.2 Å². The van der Waals surface area contributed by atoms with Crippen LogP contribution in [0.4, 0.5) is 0 Å². The zero-order valence-corrected chi connectivity index (χ0v) is 25.1. The van der Waals surface area contributed by atoms with E-state index < -0.39 is 5.97 Å². The molecular weight excluding hydrogens is 520 g/mol. The third-order valence-electron chi connectivity index (χ3n) is 8.54. The van der Waals surface area contributed by atoms with Gasteiger partial charge in [0.1, 0.15) is 17.6 Å². The molecule has 1 saturated heterocycles. The lowest BCUT2D eigenvalue weighted by atomic mass is 9.75. The zero-order valence-electron chi connectivity index (χ0n) is 25.1. The molecule has 0 bridgehead atoms. The quantitative estimate of drug-likeness (QED) is 0.137. The van der Waals surface area contributed by atoms with E-state index in [1.165, 1.54) is 6.42 Å². The maximum absolute atomic E-state index is 12.8. The van der Waals surface area contributed by atoms with Gasteiger partial charge >= 0.3 is 11.9 Å². The molecule has 1 aliphatic carbocycles. The van der Waals surface area contributed by atoms with Gasteiger partial charge in [-0.05, 0) is 98.4 Å². The van der Waals surface area contributed by atoms with Gasteiger partial charge in [-0.3, -0.25) is 0 Å². The number of ether oxygens (including phenoxy) is 5. The normalized spacial score (nSPS) is 21.6. The molecule has 0 aromatic heterocycles. The van der Waals surface area contributed by atoms with Gasteiger partial charge in [-0.1, -0.05) is 34.1 Å². The second-order valence-electron chi connectivity index (χ2n) is 12.2. The molecule has 1 saturated carbocycles. The van der Waals surface area contributed by atoms with E-state index in [-0.39, 0.29) is 17.5 Å². The van der Waals surface area contributed by atoms with Gasteiger partial charge in [0, 0.05) is 12.0 Å². The zero-order chi connectivity index (χ0) is 29.2. The summed E-state index contributed by atoms with van der Waals surface area (Å²) in [7, 11) is 0. The lowest BCUT2D eigenvalue weighted by Crippen LogP contribution is -2.45. The number of carbonyl (C=O) groups excluding carboxylic acids is 2. The van der Waals surface area contributed by atoms with Crippen LogP contribution in [0.2, 0.25) is 0 Å². The number of rotatable bonds is 14. The number of hydrogen-bond acceptors (Lipinski definition) is 7. The number of hydrogen-bond donors (Lipinski definition) is 0. The van der Waals surface area contributed by atoms with Crippen molar-refractivity contribution in [2.45, 2.75) is 72.3 Å². The van der Waals surface area contributed by atoms with Gasteiger partial charge < -0.3 is 23.7 Å². The van der Waals surface area contributed by atoms with E-state index in [0.717, 1.165) is 58.5 Å². The first-order valence-electron chi connectivity index (χ1n) is 15.2. The van der Waals surface area contributed by atoms with Gasteiger partial charge in [-0.25, -0.2) is 9.59 Å². The Kier molecular flexibility index (Phi) is 11.2. The Balaban J connectivity index is 1.17. The third kappa shape index (κ3) is 8.79. The van der Waals surface area contributed by atoms with E-state index in [0.29, 0.717) is 47.0 Å². The van der Waals surface area contributed by atoms with Crippen LogP contribution in [0.25, 0.3) is 0 Å². The van der Waals surface area contributed by atoms with Gasteiger partial charge in [0.2, 0.25) is 0 Å². The van der Waals surface area contributed by atoms with Crippen molar-refractivity contribution in [2.75, 3.05) is 33.0 Å². The number of unbranched alkanes of at least 4 members (excludes halogenated alkanes) is 1. The van der Waals surface area contributed by atoms with Crippen molar-refractivity contribution in [3.8, 4) is 11.5 Å². The Morgan fingerprint density at radius 1 is 0.902 bits per heavy atom. The van der Waals surface area contributed by atoms with Crippen molar-refractivity contribution >= 4 is 11.9 Å². The van der Waals surface area contributed by atoms with Crippen LogP contribution >= 0.6 is 0 Å². The Labute approximate surface area is 244 Å². The molecule has 41 heavy (non-hydrogen) atoms. The SMILES string of the molecule is CCC1(COCCCCOc2ccc(C(=O)Oc3ccc(C(=O)OC4CC(C)CCC4C(C)C)cc3)cc2)COC1. The molecule has 7 heteroatoms. The molecule has 2 fully saturated rings. The average Bonchev–Trinajstić information content (AvgIpc) is 2.94. The maximum atomic E-state index is 12.8. The number of benzene rings is 2. The molecule has 2 aromatic rings. The van der Waals surface area contributed by atoms with Crippen molar-refractivity contribution < 1.29 is 33.3 Å². The molecule has 1 aliphatic heterocycles. The topological polar surface area (TPSA) is 80.3 Å². The highest BCUT2D eigenvalue weighted by molar-refractivity contribution is 5.92. The van der Waals surface area contributed by atoms with E-state index in [9.17, 15) is 9.59 Å². The molecule has 0 N–H and O–H groups in total. The Bertz CT molecular complexity index is 1100. The summed E-state index contributed by atoms with van der Waals surface area (Å²) < 4.78 is 28.4. The molecule has 3 atom stereocenters. The monoisotopic (exact) mass is 566 g/mol. The van der Waals surface area contributed by atoms with Gasteiger partial charge in [-0.2, -0.15) is 0 Å². The minimum Gasteiger partial charge on any atom is -0.494 e. The second-order valence-corrected chi connectivity index (χ2v) is 12.2. The van der Waals surface area contributed by atoms with Gasteiger partial charge in [-0.15, -0.1) is 0 Å². The van der Waals surface area contributed by atoms with E-state index >= 15 is 0 Å². The minimum absolute atomic E-state index is 0.0595. The van der Waals surface area contributed by atoms with Crippen LogP contribution in [0.5, 0.6) is 11.5 Å². The van der Waals surface area contributed by atoms with E-state index in [4.69, 9.17) is 23.7 Å². The van der Waals surface area contributed by atoms with Crippen LogP contribution in [0, 0.1) is 23.2 Å². The van der Waals surface area contributed by atoms with E-state index in [1.807, 2.05) is 0 Å². The van der Waals surface area contributed by atoms with Crippen molar-refractivity contribution in [1.29, 1.82) is 0 Å². The summed E-state index contributed by atoms with van der Waals surface area (Å²) >= 11 is 0. The highest BCUT2D eigenvalue weighted by Crippen LogP contribution is 2.36. The molecular formula is C34H46O7. The molecule has 2 aromatic carbocycles. The molecule has 0 spiro atoms. The molecule has 0 amide bonds. The van der Waals surface area contributed by atoms with E-state index in [1.54, 1.807) is 48.5 Å². The van der Waals surface area contributed by atoms with Crippen LogP contribution < -0.4 is 9.47 Å². The summed E-state index contributed by atoms with van der Waals surface area (Å²) in [5.41, 5.74) is 1.10. The van der Waals surface area contributed by atoms with Crippen LogP contribution in [0.1, 0.15) is 86.9 Å². The summed E-state index contributed by atoms with van der Waals surface area (Å²) in [4.78, 5) is 25.5. The van der Waals surface area contributed by atoms with Crippen LogP contribution in [-0.2, 0) is 14.2 Å². The fourth-order valence-corrected chi connectivity index (χ4v) is 5.53. The van der Waals surface area contributed by atoms with Gasteiger partial charge in [0.25, 0.3) is 0 Å². The first-order valence-corrected chi connectivity index (χ1v) is 15.2. The summed E-state index contributed by atoms with van der Waals surface area (Å²) in [5.74, 6) is 1.69. The summed E-state index contributed by atoms with van der Waals surface area (Å²) in [5, 5.41) is 0. The first-order chi connectivity index (χ1) is 19.8. The van der Waals surface area contributed by atoms with Gasteiger partial charge in [0.15, 0.2) is 0 Å². The molecule has 1 heterocycles. The Morgan fingerprint density at radius 3 is 2.15 bits per heavy atom. The van der Waals surface area contributed by atoms with E-state index in [2.05, 4.69) is 27.7 Å². The molecule has 224 valence electrons. The smallest absolute Gasteiger partial charge is 0.343 e. The largest absolute Gasteiger partial charge is 0.494 e. The fourth-order valence-electron chi connectivity index (χ4n) is 5.53. The Hall–Kier alpha value is -2.90. The Morgan fingerprint density at radius 2 is 1.54 bits per heavy atom. The average molecular weight is 567 g/mol. The standard InChI is InChI=1S/C34H46O7/c1-5-34(22-38-23-34)21-37-18-6-7-19-39-28-13-9-26(10-14-28)32(35)40-29-15-11-27(12-16-29)33(36)41-31-20-25(4)8-17-30(31)24(2)3/h9-16,24-25,30-31H,5-8,17-23H2,1-4H3. The second kappa shape index (κ2) is 14.8. The van der Waals surface area contributed by atoms with Crippen LogP contribution in [0.3, 0.4) is 0 Å². The van der Waals surface area contributed by atoms with Crippen molar-refractivity contribution in [1.82, 2.24) is 0 Å². The predicted octanol–water partition coefficient (Wildman–Crippen LogP) is 7.13. The first kappa shape index (κ1) is 31.0. The van der Waals surface area contributed by atoms with Crippen molar-refractivity contribution in [3.63, 3.8) is 0 Å². The molecule has 4 rings (SSSR count). The summed E-state index contributed by atoms with van der Waals surface area (Å²) in [6.45, 7) is 12.5. The molecule has 7 nitrogen and oxygen atoms in total. The molecule has 0 radical (unpaired) electrons. The van der Waals surface area contributed by atoms with Crippen molar-refractivity contribution in [3.05, 3.63) is 59.7 Å². The highest BCUT2D eigenvalue weighted by Gasteiger charge is 2.37. The number of esters is 2. The lowest BCUT2D eigenvalue weighted by Gasteiger charge is -2.40. The maximum Gasteiger partial charge on any atom is 0.343 e. The van der Waals surface area contributed by atoms with Gasteiger partial charge in [0.05, 0.1) is 37.6 Å². The molecule has 2 aliphatic rings. The summed E-state index contributed by atoms with van der Waals surface area (Å²) in [6.07, 6.45) is 6.02. The fraction of sp³-hybridized carbons (Fsp3) is 0.588. The predicted molar refractivity (Wildman–Crippen MR) is 157 cm³/mol. The highest BCUT2D eigenvalue weighted by atomic mass is 16.5. The summed E-state index contributed by atoms with van der Waals surface area (Å²) in [6, 6.07) is 13.5. The van der Waals surface area contributed by atoms with Crippen LogP contribution in [-0.4, -0.2) is 51.1 Å². The molecule has 3 unspecified atom stereocenters.